The van der Waals surface area contributed by atoms with Gasteiger partial charge in [0, 0.05) is 42.7 Å². The van der Waals surface area contributed by atoms with Gasteiger partial charge in [0.15, 0.2) is 11.7 Å². The van der Waals surface area contributed by atoms with Crippen molar-refractivity contribution in [3.8, 4) is 0 Å². The monoisotopic (exact) mass is 314 g/mol. The molecule has 8 nitrogen and oxygen atoms in total. The highest BCUT2D eigenvalue weighted by molar-refractivity contribution is 7.10. The number of amidine groups is 2. The molecule has 0 saturated carbocycles. The number of fused-ring (bicyclic) bond motifs is 1. The Labute approximate surface area is 131 Å². The summed E-state index contributed by atoms with van der Waals surface area (Å²) < 4.78 is 5.97. The molecule has 0 amide bonds. The Morgan fingerprint density at radius 3 is 3.05 bits per heavy atom. The molecule has 4 rings (SSSR count). The smallest absolute Gasteiger partial charge is 0.208 e. The van der Waals surface area contributed by atoms with Crippen molar-refractivity contribution in [2.24, 2.45) is 17.0 Å². The van der Waals surface area contributed by atoms with Crippen LogP contribution in [0.25, 0.3) is 0 Å². The lowest BCUT2D eigenvalue weighted by Gasteiger charge is -2.25. The molecule has 0 radical (unpaired) electrons. The Kier molecular flexibility index (Phi) is 3.00. The van der Waals surface area contributed by atoms with Crippen LogP contribution in [-0.2, 0) is 7.05 Å². The van der Waals surface area contributed by atoms with Gasteiger partial charge in [-0.1, -0.05) is 0 Å². The van der Waals surface area contributed by atoms with Crippen LogP contribution in [0, 0.1) is 6.92 Å². The van der Waals surface area contributed by atoms with Crippen LogP contribution in [0.5, 0.6) is 0 Å². The average molecular weight is 314 g/mol. The minimum absolute atomic E-state index is 0.156. The lowest BCUT2D eigenvalue weighted by atomic mass is 10.1. The van der Waals surface area contributed by atoms with Gasteiger partial charge in [-0.15, -0.1) is 0 Å². The first kappa shape index (κ1) is 13.1. The van der Waals surface area contributed by atoms with Gasteiger partial charge in [0.2, 0.25) is 5.13 Å². The normalized spacial score (nSPS) is 19.9. The fourth-order valence-electron chi connectivity index (χ4n) is 2.51. The van der Waals surface area contributed by atoms with Gasteiger partial charge < -0.3 is 10.2 Å². The maximum Gasteiger partial charge on any atom is 0.208 e. The van der Waals surface area contributed by atoms with E-state index in [4.69, 9.17) is 0 Å². The fourth-order valence-corrected chi connectivity index (χ4v) is 3.09. The summed E-state index contributed by atoms with van der Waals surface area (Å²) in [4.78, 5) is 15.4. The number of aliphatic imine (C=N–C) groups is 2. The number of aryl methyl sites for hydroxylation is 2. The Morgan fingerprint density at radius 1 is 1.41 bits per heavy atom. The van der Waals surface area contributed by atoms with Crippen molar-refractivity contribution in [2.75, 3.05) is 11.9 Å². The van der Waals surface area contributed by atoms with Crippen LogP contribution in [0.2, 0.25) is 0 Å². The van der Waals surface area contributed by atoms with Gasteiger partial charge in [-0.3, -0.25) is 9.67 Å². The Balaban J connectivity index is 1.57. The third-order valence-corrected chi connectivity index (χ3v) is 4.22. The molecule has 1 unspecified atom stereocenters. The molecule has 1 N–H and O–H groups in total. The highest BCUT2D eigenvalue weighted by atomic mass is 32.1. The maximum atomic E-state index is 4.63. The number of anilines is 1. The molecule has 9 heteroatoms. The molecule has 0 aliphatic carbocycles. The summed E-state index contributed by atoms with van der Waals surface area (Å²) in [5.41, 5.74) is 1.14. The standard InChI is InChI=1S/C13H14N8S/c1-8-17-13(22-19-8)18-11-12-15-6-10(21(12)4-3-14-11)9-5-16-20(2)7-9/h3-5,7,10H,6H2,1-2H3,(H,14,17,18,19). The molecule has 0 saturated heterocycles. The number of aromatic nitrogens is 4. The van der Waals surface area contributed by atoms with Gasteiger partial charge in [0.1, 0.15) is 5.82 Å². The third kappa shape index (κ3) is 2.19. The van der Waals surface area contributed by atoms with Crippen molar-refractivity contribution in [1.29, 1.82) is 0 Å². The van der Waals surface area contributed by atoms with Crippen LogP contribution in [-0.4, -0.2) is 42.3 Å². The van der Waals surface area contributed by atoms with Crippen molar-refractivity contribution < 1.29 is 0 Å². The lowest BCUT2D eigenvalue weighted by Crippen LogP contribution is -2.37. The van der Waals surface area contributed by atoms with E-state index in [2.05, 4.69) is 34.7 Å². The molecule has 22 heavy (non-hydrogen) atoms. The number of nitrogens with one attached hydrogen (secondary N) is 1. The molecule has 112 valence electrons. The Bertz CT molecular complexity index is 799. The third-order valence-electron chi connectivity index (χ3n) is 3.50. The van der Waals surface area contributed by atoms with Gasteiger partial charge in [-0.2, -0.15) is 9.47 Å². The summed E-state index contributed by atoms with van der Waals surface area (Å²) in [5, 5.41) is 8.16. The van der Waals surface area contributed by atoms with Gasteiger partial charge in [0.25, 0.3) is 0 Å². The highest BCUT2D eigenvalue weighted by Gasteiger charge is 2.33. The fraction of sp³-hybridized carbons (Fsp3) is 0.308. The topological polar surface area (TPSA) is 83.6 Å². The largest absolute Gasteiger partial charge is 0.319 e. The van der Waals surface area contributed by atoms with Crippen LogP contribution < -0.4 is 5.32 Å². The van der Waals surface area contributed by atoms with Gasteiger partial charge >= 0.3 is 0 Å². The molecule has 0 bridgehead atoms. The Hall–Kier alpha value is -2.55. The summed E-state index contributed by atoms with van der Waals surface area (Å²) in [6.07, 6.45) is 7.61. The molecule has 2 aliphatic heterocycles. The SMILES string of the molecule is Cc1nsc(NC2=NC=CN3C2=NCC3c2cnn(C)c2)n1. The van der Waals surface area contributed by atoms with Crippen LogP contribution in [0.3, 0.4) is 0 Å². The summed E-state index contributed by atoms with van der Waals surface area (Å²) in [7, 11) is 1.92. The number of hydrogen-bond donors (Lipinski definition) is 1. The minimum atomic E-state index is 0.156. The highest BCUT2D eigenvalue weighted by Crippen LogP contribution is 2.29. The minimum Gasteiger partial charge on any atom is -0.319 e. The molecule has 0 aromatic carbocycles. The predicted octanol–water partition coefficient (Wildman–Crippen LogP) is 1.33. The number of nitrogens with zero attached hydrogens (tertiary/aromatic N) is 7. The van der Waals surface area contributed by atoms with E-state index < -0.39 is 0 Å². The summed E-state index contributed by atoms with van der Waals surface area (Å²) >= 11 is 1.31. The van der Waals surface area contributed by atoms with E-state index in [9.17, 15) is 0 Å². The van der Waals surface area contributed by atoms with Gasteiger partial charge in [-0.05, 0) is 6.92 Å². The van der Waals surface area contributed by atoms with Crippen LogP contribution >= 0.6 is 11.5 Å². The quantitative estimate of drug-likeness (QED) is 0.904. The molecular formula is C13H14N8S. The van der Waals surface area contributed by atoms with Gasteiger partial charge in [0.05, 0.1) is 18.8 Å². The van der Waals surface area contributed by atoms with E-state index in [-0.39, 0.29) is 6.04 Å². The van der Waals surface area contributed by atoms with Crippen molar-refractivity contribution in [3.63, 3.8) is 0 Å². The Morgan fingerprint density at radius 2 is 2.32 bits per heavy atom. The molecule has 2 aromatic rings. The van der Waals surface area contributed by atoms with Crippen molar-refractivity contribution in [2.45, 2.75) is 13.0 Å². The predicted molar refractivity (Wildman–Crippen MR) is 84.9 cm³/mol. The van der Waals surface area contributed by atoms with E-state index in [1.165, 1.54) is 11.5 Å². The second-order valence-electron chi connectivity index (χ2n) is 5.08. The molecule has 0 spiro atoms. The van der Waals surface area contributed by atoms with Crippen molar-refractivity contribution >= 4 is 28.3 Å². The summed E-state index contributed by atoms with van der Waals surface area (Å²) in [6, 6.07) is 0.156. The molecule has 2 aromatic heterocycles. The van der Waals surface area contributed by atoms with Crippen LogP contribution in [0.4, 0.5) is 5.13 Å². The average Bonchev–Trinajstić information content (AvgIpc) is 3.19. The first-order chi connectivity index (χ1) is 10.7. The van der Waals surface area contributed by atoms with E-state index in [1.54, 1.807) is 10.9 Å². The summed E-state index contributed by atoms with van der Waals surface area (Å²) in [5.74, 6) is 2.27. The van der Waals surface area contributed by atoms with Crippen molar-refractivity contribution in [1.82, 2.24) is 24.0 Å². The van der Waals surface area contributed by atoms with E-state index in [1.807, 2.05) is 32.6 Å². The summed E-state index contributed by atoms with van der Waals surface area (Å²) in [6.45, 7) is 2.54. The molecule has 4 heterocycles. The van der Waals surface area contributed by atoms with Crippen molar-refractivity contribution in [3.05, 3.63) is 36.2 Å². The first-order valence-corrected chi connectivity index (χ1v) is 7.61. The molecular weight excluding hydrogens is 300 g/mol. The molecule has 0 fully saturated rings. The number of hydrogen-bond acceptors (Lipinski definition) is 8. The molecule has 1 atom stereocenters. The van der Waals surface area contributed by atoms with Crippen LogP contribution in [0.15, 0.2) is 34.8 Å². The zero-order valence-electron chi connectivity index (χ0n) is 12.1. The van der Waals surface area contributed by atoms with E-state index in [0.29, 0.717) is 12.4 Å². The first-order valence-electron chi connectivity index (χ1n) is 6.84. The van der Waals surface area contributed by atoms with E-state index in [0.717, 1.165) is 22.4 Å². The second-order valence-corrected chi connectivity index (χ2v) is 5.83. The van der Waals surface area contributed by atoms with Gasteiger partial charge in [-0.25, -0.2) is 9.98 Å². The van der Waals surface area contributed by atoms with E-state index >= 15 is 0 Å². The zero-order valence-corrected chi connectivity index (χ0v) is 12.9. The second kappa shape index (κ2) is 5.02. The number of rotatable bonds is 2. The maximum absolute atomic E-state index is 4.63. The lowest BCUT2D eigenvalue weighted by molar-refractivity contribution is 0.458. The zero-order chi connectivity index (χ0) is 15.1. The molecule has 2 aliphatic rings. The van der Waals surface area contributed by atoms with Crippen LogP contribution in [0.1, 0.15) is 17.4 Å².